The van der Waals surface area contributed by atoms with Crippen molar-refractivity contribution in [2.75, 3.05) is 20.2 Å². The van der Waals surface area contributed by atoms with Crippen molar-refractivity contribution in [3.63, 3.8) is 0 Å². The lowest BCUT2D eigenvalue weighted by atomic mass is 9.98. The third-order valence-corrected chi connectivity index (χ3v) is 5.38. The van der Waals surface area contributed by atoms with Crippen molar-refractivity contribution in [1.29, 1.82) is 0 Å². The molecule has 0 aliphatic carbocycles. The van der Waals surface area contributed by atoms with Crippen LogP contribution in [0.25, 0.3) is 5.82 Å². The number of hydrogen-bond donors (Lipinski definition) is 0. The Bertz CT molecular complexity index is 1160. The highest BCUT2D eigenvalue weighted by molar-refractivity contribution is 6.31. The molecule has 1 aromatic carbocycles. The van der Waals surface area contributed by atoms with Crippen LogP contribution in [-0.4, -0.2) is 50.6 Å². The SMILES string of the molecule is COc1ccc(Cl)cc1C(=O)N1CC(Cn2nc(-n3nc(C)cc3C)ccc2=O)C1. The summed E-state index contributed by atoms with van der Waals surface area (Å²) in [6.45, 7) is 5.35. The fourth-order valence-corrected chi connectivity index (χ4v) is 3.83. The molecular weight excluding hydrogens is 406 g/mol. The molecule has 1 aliphatic rings. The quantitative estimate of drug-likeness (QED) is 0.624. The van der Waals surface area contributed by atoms with Gasteiger partial charge in [0.15, 0.2) is 5.82 Å². The second-order valence-corrected chi connectivity index (χ2v) is 7.91. The molecule has 0 radical (unpaired) electrons. The number of benzene rings is 1. The first kappa shape index (κ1) is 20.2. The largest absolute Gasteiger partial charge is 0.496 e. The number of rotatable bonds is 5. The number of hydrogen-bond acceptors (Lipinski definition) is 5. The van der Waals surface area contributed by atoms with E-state index in [0.717, 1.165) is 11.4 Å². The topological polar surface area (TPSA) is 82.2 Å². The van der Waals surface area contributed by atoms with Crippen LogP contribution in [0.2, 0.25) is 5.02 Å². The van der Waals surface area contributed by atoms with E-state index < -0.39 is 0 Å². The minimum atomic E-state index is -0.179. The van der Waals surface area contributed by atoms with E-state index >= 15 is 0 Å². The van der Waals surface area contributed by atoms with E-state index in [1.165, 1.54) is 17.9 Å². The monoisotopic (exact) mass is 427 g/mol. The van der Waals surface area contributed by atoms with E-state index in [-0.39, 0.29) is 17.4 Å². The molecular formula is C21H22ClN5O3. The summed E-state index contributed by atoms with van der Waals surface area (Å²) < 4.78 is 8.43. The van der Waals surface area contributed by atoms with Gasteiger partial charge >= 0.3 is 0 Å². The van der Waals surface area contributed by atoms with Crippen LogP contribution in [0.1, 0.15) is 21.7 Å². The highest BCUT2D eigenvalue weighted by Crippen LogP contribution is 2.27. The van der Waals surface area contributed by atoms with Crippen molar-refractivity contribution < 1.29 is 9.53 Å². The van der Waals surface area contributed by atoms with Crippen LogP contribution in [0.5, 0.6) is 5.75 Å². The predicted molar refractivity (Wildman–Crippen MR) is 112 cm³/mol. The van der Waals surface area contributed by atoms with Gasteiger partial charge in [0, 0.05) is 35.8 Å². The third kappa shape index (κ3) is 3.82. The molecule has 30 heavy (non-hydrogen) atoms. The normalized spacial score (nSPS) is 13.9. The van der Waals surface area contributed by atoms with Crippen molar-refractivity contribution in [3.05, 3.63) is 68.7 Å². The molecule has 0 spiro atoms. The van der Waals surface area contributed by atoms with E-state index in [0.29, 0.717) is 41.8 Å². The van der Waals surface area contributed by atoms with Gasteiger partial charge in [-0.15, -0.1) is 5.10 Å². The van der Waals surface area contributed by atoms with Gasteiger partial charge in [-0.25, -0.2) is 9.36 Å². The zero-order valence-electron chi connectivity index (χ0n) is 17.0. The van der Waals surface area contributed by atoms with Gasteiger partial charge in [0.05, 0.1) is 24.9 Å². The number of halogens is 1. The summed E-state index contributed by atoms with van der Waals surface area (Å²) in [5, 5.41) is 9.37. The Kier molecular flexibility index (Phi) is 5.34. The second kappa shape index (κ2) is 7.95. The summed E-state index contributed by atoms with van der Waals surface area (Å²) in [4.78, 5) is 26.8. The highest BCUT2D eigenvalue weighted by Gasteiger charge is 2.33. The maximum atomic E-state index is 12.8. The number of aromatic nitrogens is 4. The Morgan fingerprint density at radius 1 is 1.17 bits per heavy atom. The number of methoxy groups -OCH3 is 1. The zero-order chi connectivity index (χ0) is 21.4. The molecule has 156 valence electrons. The summed E-state index contributed by atoms with van der Waals surface area (Å²) in [5.74, 6) is 1.08. The van der Waals surface area contributed by atoms with Gasteiger partial charge in [-0.05, 0) is 44.2 Å². The molecule has 1 fully saturated rings. The molecule has 3 heterocycles. The van der Waals surface area contributed by atoms with Crippen LogP contribution in [0.4, 0.5) is 0 Å². The molecule has 8 nitrogen and oxygen atoms in total. The van der Waals surface area contributed by atoms with E-state index in [9.17, 15) is 9.59 Å². The van der Waals surface area contributed by atoms with Crippen molar-refractivity contribution in [3.8, 4) is 11.6 Å². The summed E-state index contributed by atoms with van der Waals surface area (Å²) in [6.07, 6.45) is 0. The Hall–Kier alpha value is -3.13. The Morgan fingerprint density at radius 3 is 2.60 bits per heavy atom. The number of likely N-dealkylation sites (tertiary alicyclic amines) is 1. The number of amides is 1. The van der Waals surface area contributed by atoms with E-state index in [1.807, 2.05) is 19.9 Å². The lowest BCUT2D eigenvalue weighted by molar-refractivity contribution is 0.0455. The minimum absolute atomic E-state index is 0.137. The van der Waals surface area contributed by atoms with Gasteiger partial charge in [0.25, 0.3) is 11.5 Å². The van der Waals surface area contributed by atoms with Gasteiger partial charge in [-0.3, -0.25) is 9.59 Å². The van der Waals surface area contributed by atoms with Crippen LogP contribution in [0.15, 0.2) is 41.2 Å². The van der Waals surface area contributed by atoms with Crippen LogP contribution in [0.3, 0.4) is 0 Å². The van der Waals surface area contributed by atoms with Gasteiger partial charge < -0.3 is 9.64 Å². The zero-order valence-corrected chi connectivity index (χ0v) is 17.8. The smallest absolute Gasteiger partial charge is 0.266 e. The molecule has 0 atom stereocenters. The van der Waals surface area contributed by atoms with Crippen LogP contribution in [-0.2, 0) is 6.54 Å². The lowest BCUT2D eigenvalue weighted by Gasteiger charge is -2.39. The number of nitrogens with zero attached hydrogens (tertiary/aromatic N) is 5. The van der Waals surface area contributed by atoms with E-state index in [1.54, 1.807) is 33.8 Å². The summed E-state index contributed by atoms with van der Waals surface area (Å²) in [6, 6.07) is 10.1. The number of carbonyl (C=O) groups excluding carboxylic acids is 1. The Morgan fingerprint density at radius 2 is 1.93 bits per heavy atom. The molecule has 3 aromatic rings. The Labute approximate surface area is 178 Å². The van der Waals surface area contributed by atoms with Gasteiger partial charge in [-0.2, -0.15) is 5.10 Å². The maximum Gasteiger partial charge on any atom is 0.266 e. The van der Waals surface area contributed by atoms with Crippen molar-refractivity contribution in [1.82, 2.24) is 24.5 Å². The molecule has 4 rings (SSSR count). The van der Waals surface area contributed by atoms with Crippen molar-refractivity contribution in [2.45, 2.75) is 20.4 Å². The molecule has 0 N–H and O–H groups in total. The minimum Gasteiger partial charge on any atom is -0.496 e. The first-order valence-electron chi connectivity index (χ1n) is 9.60. The maximum absolute atomic E-state index is 12.8. The Balaban J connectivity index is 1.46. The summed E-state index contributed by atoms with van der Waals surface area (Å²) in [7, 11) is 1.52. The molecule has 1 amide bonds. The molecule has 9 heteroatoms. The van der Waals surface area contributed by atoms with Gasteiger partial charge in [0.2, 0.25) is 0 Å². The van der Waals surface area contributed by atoms with Crippen LogP contribution in [0, 0.1) is 19.8 Å². The first-order valence-corrected chi connectivity index (χ1v) is 9.98. The molecule has 0 unspecified atom stereocenters. The number of ether oxygens (including phenoxy) is 1. The summed E-state index contributed by atoms with van der Waals surface area (Å²) in [5.41, 5.74) is 2.09. The van der Waals surface area contributed by atoms with E-state index in [2.05, 4.69) is 10.2 Å². The number of aryl methyl sites for hydroxylation is 2. The molecule has 1 saturated heterocycles. The molecule has 1 aliphatic heterocycles. The average molecular weight is 428 g/mol. The van der Waals surface area contributed by atoms with Crippen molar-refractivity contribution >= 4 is 17.5 Å². The van der Waals surface area contributed by atoms with Crippen molar-refractivity contribution in [2.24, 2.45) is 5.92 Å². The molecule has 0 saturated carbocycles. The summed E-state index contributed by atoms with van der Waals surface area (Å²) >= 11 is 6.04. The fraction of sp³-hybridized carbons (Fsp3) is 0.333. The fourth-order valence-electron chi connectivity index (χ4n) is 3.66. The highest BCUT2D eigenvalue weighted by atomic mass is 35.5. The van der Waals surface area contributed by atoms with Gasteiger partial charge in [-0.1, -0.05) is 11.6 Å². The molecule has 2 aromatic heterocycles. The van der Waals surface area contributed by atoms with Gasteiger partial charge in [0.1, 0.15) is 5.75 Å². The second-order valence-electron chi connectivity index (χ2n) is 7.47. The predicted octanol–water partition coefficient (Wildman–Crippen LogP) is 2.48. The number of carbonyl (C=O) groups is 1. The average Bonchev–Trinajstić information content (AvgIpc) is 3.03. The third-order valence-electron chi connectivity index (χ3n) is 5.15. The first-order chi connectivity index (χ1) is 14.4. The molecule has 0 bridgehead atoms. The van der Waals surface area contributed by atoms with Crippen LogP contribution < -0.4 is 10.3 Å². The van der Waals surface area contributed by atoms with Crippen LogP contribution >= 0.6 is 11.6 Å². The standard InChI is InChI=1S/C21H22ClN5O3/c1-13-8-14(2)27(23-13)19-6-7-20(28)26(24-19)12-15-10-25(11-15)21(29)17-9-16(22)4-5-18(17)30-3/h4-9,15H,10-12H2,1-3H3. The van der Waals surface area contributed by atoms with E-state index in [4.69, 9.17) is 16.3 Å². The lowest BCUT2D eigenvalue weighted by Crippen LogP contribution is -2.52.